The number of carbonyl (C=O) groups excluding carboxylic acids is 1. The van der Waals surface area contributed by atoms with Gasteiger partial charge in [-0.05, 0) is 35.9 Å². The third-order valence-electron chi connectivity index (χ3n) is 4.07. The molecule has 0 fully saturated rings. The second-order valence-corrected chi connectivity index (χ2v) is 5.51. The third kappa shape index (κ3) is 3.04. The van der Waals surface area contributed by atoms with Gasteiger partial charge in [0.05, 0.1) is 11.4 Å². The molecule has 0 aromatic heterocycles. The average molecular weight is 304 g/mol. The SMILES string of the molecule is CCN(C)c1ccccc1NC(=O)c1cccc2ccccc12. The van der Waals surface area contributed by atoms with Crippen LogP contribution in [0.3, 0.4) is 0 Å². The van der Waals surface area contributed by atoms with E-state index in [1.165, 1.54) is 0 Å². The van der Waals surface area contributed by atoms with Gasteiger partial charge in [0.15, 0.2) is 0 Å². The molecule has 3 rings (SSSR count). The number of hydrogen-bond donors (Lipinski definition) is 1. The number of amides is 1. The minimum absolute atomic E-state index is 0.0845. The first-order valence-corrected chi connectivity index (χ1v) is 7.80. The highest BCUT2D eigenvalue weighted by atomic mass is 16.1. The number of benzene rings is 3. The topological polar surface area (TPSA) is 32.3 Å². The van der Waals surface area contributed by atoms with Crippen molar-refractivity contribution in [1.82, 2.24) is 0 Å². The van der Waals surface area contributed by atoms with Crippen LogP contribution in [0.5, 0.6) is 0 Å². The molecule has 3 aromatic rings. The maximum atomic E-state index is 12.8. The molecule has 1 N–H and O–H groups in total. The molecule has 0 radical (unpaired) electrons. The van der Waals surface area contributed by atoms with Gasteiger partial charge in [-0.3, -0.25) is 4.79 Å². The summed E-state index contributed by atoms with van der Waals surface area (Å²) in [5.74, 6) is -0.0845. The third-order valence-corrected chi connectivity index (χ3v) is 4.07. The smallest absolute Gasteiger partial charge is 0.256 e. The fraction of sp³-hybridized carbons (Fsp3) is 0.150. The molecule has 1 amide bonds. The molecular weight excluding hydrogens is 284 g/mol. The number of para-hydroxylation sites is 2. The van der Waals surface area contributed by atoms with Crippen molar-refractivity contribution in [2.45, 2.75) is 6.92 Å². The fourth-order valence-electron chi connectivity index (χ4n) is 2.70. The van der Waals surface area contributed by atoms with Crippen molar-refractivity contribution in [3.8, 4) is 0 Å². The molecule has 0 atom stereocenters. The Balaban J connectivity index is 1.96. The molecule has 0 aliphatic rings. The highest BCUT2D eigenvalue weighted by Crippen LogP contribution is 2.26. The summed E-state index contributed by atoms with van der Waals surface area (Å²) >= 11 is 0. The van der Waals surface area contributed by atoms with Gasteiger partial charge in [0.2, 0.25) is 0 Å². The number of rotatable bonds is 4. The van der Waals surface area contributed by atoms with Crippen LogP contribution in [0.25, 0.3) is 10.8 Å². The first-order chi connectivity index (χ1) is 11.2. The van der Waals surface area contributed by atoms with Gasteiger partial charge in [-0.2, -0.15) is 0 Å². The summed E-state index contributed by atoms with van der Waals surface area (Å²) in [6.07, 6.45) is 0. The summed E-state index contributed by atoms with van der Waals surface area (Å²) in [6, 6.07) is 21.6. The molecule has 0 heterocycles. The fourth-order valence-corrected chi connectivity index (χ4v) is 2.70. The van der Waals surface area contributed by atoms with Gasteiger partial charge >= 0.3 is 0 Å². The van der Waals surface area contributed by atoms with Crippen LogP contribution in [0, 0.1) is 0 Å². The van der Waals surface area contributed by atoms with Crippen molar-refractivity contribution in [3.05, 3.63) is 72.3 Å². The predicted molar refractivity (Wildman–Crippen MR) is 97.3 cm³/mol. The number of fused-ring (bicyclic) bond motifs is 1. The summed E-state index contributed by atoms with van der Waals surface area (Å²) in [5, 5.41) is 5.09. The molecule has 0 spiro atoms. The van der Waals surface area contributed by atoms with Crippen molar-refractivity contribution >= 4 is 28.1 Å². The van der Waals surface area contributed by atoms with Gasteiger partial charge in [-0.25, -0.2) is 0 Å². The molecule has 3 heteroatoms. The highest BCUT2D eigenvalue weighted by Gasteiger charge is 2.13. The lowest BCUT2D eigenvalue weighted by atomic mass is 10.0. The summed E-state index contributed by atoms with van der Waals surface area (Å²) in [4.78, 5) is 14.9. The zero-order valence-electron chi connectivity index (χ0n) is 13.4. The van der Waals surface area contributed by atoms with E-state index in [-0.39, 0.29) is 5.91 Å². The molecule has 0 bridgehead atoms. The molecule has 3 aromatic carbocycles. The van der Waals surface area contributed by atoms with Crippen molar-refractivity contribution in [3.63, 3.8) is 0 Å². The molecule has 0 unspecified atom stereocenters. The second-order valence-electron chi connectivity index (χ2n) is 5.51. The average Bonchev–Trinajstić information content (AvgIpc) is 2.61. The molecular formula is C20H20N2O. The molecule has 3 nitrogen and oxygen atoms in total. The Labute approximate surface area is 136 Å². The zero-order chi connectivity index (χ0) is 16.2. The lowest BCUT2D eigenvalue weighted by Crippen LogP contribution is -2.20. The minimum atomic E-state index is -0.0845. The lowest BCUT2D eigenvalue weighted by molar-refractivity contribution is 0.102. The maximum Gasteiger partial charge on any atom is 0.256 e. The van der Waals surface area contributed by atoms with Crippen molar-refractivity contribution in [2.24, 2.45) is 0 Å². The summed E-state index contributed by atoms with van der Waals surface area (Å²) < 4.78 is 0. The Hall–Kier alpha value is -2.81. The van der Waals surface area contributed by atoms with Crippen LogP contribution in [-0.2, 0) is 0 Å². The van der Waals surface area contributed by atoms with E-state index in [0.717, 1.165) is 28.7 Å². The first kappa shape index (κ1) is 15.1. The molecule has 0 saturated carbocycles. The van der Waals surface area contributed by atoms with Crippen molar-refractivity contribution in [1.29, 1.82) is 0 Å². The Morgan fingerprint density at radius 1 is 0.957 bits per heavy atom. The van der Waals surface area contributed by atoms with Gasteiger partial charge in [-0.15, -0.1) is 0 Å². The van der Waals surface area contributed by atoms with Crippen LogP contribution in [-0.4, -0.2) is 19.5 Å². The Kier molecular flexibility index (Phi) is 4.29. The number of nitrogens with zero attached hydrogens (tertiary/aromatic N) is 1. The Morgan fingerprint density at radius 3 is 2.48 bits per heavy atom. The quantitative estimate of drug-likeness (QED) is 0.767. The molecule has 0 aliphatic carbocycles. The first-order valence-electron chi connectivity index (χ1n) is 7.80. The van der Waals surface area contributed by atoms with Crippen molar-refractivity contribution in [2.75, 3.05) is 23.8 Å². The normalized spacial score (nSPS) is 10.5. The van der Waals surface area contributed by atoms with Crippen LogP contribution in [0.2, 0.25) is 0 Å². The van der Waals surface area contributed by atoms with Gasteiger partial charge in [0, 0.05) is 19.2 Å². The van der Waals surface area contributed by atoms with E-state index in [9.17, 15) is 4.79 Å². The number of hydrogen-bond acceptors (Lipinski definition) is 2. The number of carbonyl (C=O) groups is 1. The lowest BCUT2D eigenvalue weighted by Gasteiger charge is -2.21. The van der Waals surface area contributed by atoms with Gasteiger partial charge in [-0.1, -0.05) is 48.5 Å². The van der Waals surface area contributed by atoms with E-state index in [0.29, 0.717) is 5.56 Å². The monoisotopic (exact) mass is 304 g/mol. The van der Waals surface area contributed by atoms with Crippen LogP contribution < -0.4 is 10.2 Å². The highest BCUT2D eigenvalue weighted by molar-refractivity contribution is 6.13. The van der Waals surface area contributed by atoms with E-state index >= 15 is 0 Å². The van der Waals surface area contributed by atoms with E-state index < -0.39 is 0 Å². The number of anilines is 2. The minimum Gasteiger partial charge on any atom is -0.373 e. The van der Waals surface area contributed by atoms with E-state index in [4.69, 9.17) is 0 Å². The van der Waals surface area contributed by atoms with Crippen LogP contribution in [0.15, 0.2) is 66.7 Å². The van der Waals surface area contributed by atoms with E-state index in [1.54, 1.807) is 0 Å². The molecule has 116 valence electrons. The van der Waals surface area contributed by atoms with Gasteiger partial charge in [0.1, 0.15) is 0 Å². The second kappa shape index (κ2) is 6.53. The van der Waals surface area contributed by atoms with Crippen molar-refractivity contribution < 1.29 is 4.79 Å². The van der Waals surface area contributed by atoms with E-state index in [2.05, 4.69) is 17.1 Å². The summed E-state index contributed by atoms with van der Waals surface area (Å²) in [7, 11) is 2.02. The number of nitrogens with one attached hydrogen (secondary N) is 1. The Morgan fingerprint density at radius 2 is 1.65 bits per heavy atom. The summed E-state index contributed by atoms with van der Waals surface area (Å²) in [6.45, 7) is 2.96. The standard InChI is InChI=1S/C20H20N2O/c1-3-22(2)19-14-7-6-13-18(19)21-20(23)17-12-8-10-15-9-4-5-11-16(15)17/h4-14H,3H2,1-2H3,(H,21,23). The zero-order valence-corrected chi connectivity index (χ0v) is 13.4. The molecule has 23 heavy (non-hydrogen) atoms. The van der Waals surface area contributed by atoms with Crippen LogP contribution >= 0.6 is 0 Å². The summed E-state index contributed by atoms with van der Waals surface area (Å²) in [5.41, 5.74) is 2.54. The van der Waals surface area contributed by atoms with Crippen LogP contribution in [0.4, 0.5) is 11.4 Å². The van der Waals surface area contributed by atoms with Gasteiger partial charge < -0.3 is 10.2 Å². The molecule has 0 aliphatic heterocycles. The Bertz CT molecular complexity index is 836. The maximum absolute atomic E-state index is 12.8. The largest absolute Gasteiger partial charge is 0.373 e. The predicted octanol–water partition coefficient (Wildman–Crippen LogP) is 4.55. The van der Waals surface area contributed by atoms with Gasteiger partial charge in [0.25, 0.3) is 5.91 Å². The van der Waals surface area contributed by atoms with E-state index in [1.807, 2.05) is 73.8 Å². The van der Waals surface area contributed by atoms with Crippen LogP contribution in [0.1, 0.15) is 17.3 Å². The molecule has 0 saturated heterocycles.